The average Bonchev–Trinajstić information content (AvgIpc) is 3.19. The van der Waals surface area contributed by atoms with Crippen molar-refractivity contribution in [2.75, 3.05) is 11.9 Å². The SMILES string of the molecule is CC(C)NC(=O)c1ccc(NC(=O)C2(CN)CC2)cc1. The molecule has 0 saturated heterocycles. The van der Waals surface area contributed by atoms with E-state index in [1.165, 1.54) is 0 Å². The highest BCUT2D eigenvalue weighted by Gasteiger charge is 2.48. The maximum atomic E-state index is 12.0. The van der Waals surface area contributed by atoms with Gasteiger partial charge in [-0.05, 0) is 51.0 Å². The number of carbonyl (C=O) groups is 2. The first-order chi connectivity index (χ1) is 9.47. The number of amides is 2. The number of nitrogens with two attached hydrogens (primary N) is 1. The lowest BCUT2D eigenvalue weighted by atomic mass is 10.1. The quantitative estimate of drug-likeness (QED) is 0.761. The van der Waals surface area contributed by atoms with Crippen molar-refractivity contribution in [3.8, 4) is 0 Å². The lowest BCUT2D eigenvalue weighted by Gasteiger charge is -2.13. The first-order valence-electron chi connectivity index (χ1n) is 6.89. The second-order valence-corrected chi connectivity index (χ2v) is 5.64. The van der Waals surface area contributed by atoms with Crippen molar-refractivity contribution in [1.82, 2.24) is 5.32 Å². The Morgan fingerprint density at radius 3 is 2.30 bits per heavy atom. The van der Waals surface area contributed by atoms with Gasteiger partial charge in [0.2, 0.25) is 5.91 Å². The van der Waals surface area contributed by atoms with Crippen LogP contribution in [0.3, 0.4) is 0 Å². The monoisotopic (exact) mass is 275 g/mol. The van der Waals surface area contributed by atoms with Crippen molar-refractivity contribution in [2.45, 2.75) is 32.7 Å². The van der Waals surface area contributed by atoms with E-state index >= 15 is 0 Å². The number of carbonyl (C=O) groups excluding carboxylic acids is 2. The van der Waals surface area contributed by atoms with E-state index in [1.807, 2.05) is 13.8 Å². The molecule has 4 N–H and O–H groups in total. The molecule has 5 heteroatoms. The van der Waals surface area contributed by atoms with Crippen molar-refractivity contribution in [1.29, 1.82) is 0 Å². The highest BCUT2D eigenvalue weighted by molar-refractivity contribution is 5.98. The molecule has 1 aromatic rings. The molecule has 0 aromatic heterocycles. The molecule has 1 fully saturated rings. The van der Waals surface area contributed by atoms with Crippen LogP contribution in [0, 0.1) is 5.41 Å². The molecule has 1 saturated carbocycles. The van der Waals surface area contributed by atoms with Crippen LogP contribution in [0.4, 0.5) is 5.69 Å². The molecule has 5 nitrogen and oxygen atoms in total. The van der Waals surface area contributed by atoms with Gasteiger partial charge in [-0.25, -0.2) is 0 Å². The van der Waals surface area contributed by atoms with Gasteiger partial charge in [-0.1, -0.05) is 0 Å². The van der Waals surface area contributed by atoms with Crippen LogP contribution in [0.15, 0.2) is 24.3 Å². The summed E-state index contributed by atoms with van der Waals surface area (Å²) in [6.07, 6.45) is 1.70. The number of benzene rings is 1. The van der Waals surface area contributed by atoms with Crippen molar-refractivity contribution in [3.63, 3.8) is 0 Å². The molecule has 0 unspecified atom stereocenters. The van der Waals surface area contributed by atoms with Crippen molar-refractivity contribution in [3.05, 3.63) is 29.8 Å². The zero-order chi connectivity index (χ0) is 14.8. The summed E-state index contributed by atoms with van der Waals surface area (Å²) in [5.74, 6) is -0.141. The van der Waals surface area contributed by atoms with Crippen LogP contribution in [0.25, 0.3) is 0 Å². The molecule has 1 aliphatic rings. The zero-order valence-electron chi connectivity index (χ0n) is 11.9. The lowest BCUT2D eigenvalue weighted by molar-refractivity contribution is -0.120. The Hall–Kier alpha value is -1.88. The number of hydrogen-bond acceptors (Lipinski definition) is 3. The topological polar surface area (TPSA) is 84.2 Å². The molecule has 0 atom stereocenters. The summed E-state index contributed by atoms with van der Waals surface area (Å²) in [5, 5.41) is 5.67. The van der Waals surface area contributed by atoms with Crippen LogP contribution in [0.5, 0.6) is 0 Å². The van der Waals surface area contributed by atoms with Crippen LogP contribution in [0.2, 0.25) is 0 Å². The fraction of sp³-hybridized carbons (Fsp3) is 0.467. The summed E-state index contributed by atoms with van der Waals surface area (Å²) in [6.45, 7) is 4.20. The molecule has 2 amide bonds. The van der Waals surface area contributed by atoms with Gasteiger partial charge in [0.1, 0.15) is 0 Å². The Balaban J connectivity index is 1.98. The normalized spacial score (nSPS) is 15.8. The van der Waals surface area contributed by atoms with Crippen molar-refractivity contribution in [2.24, 2.45) is 11.1 Å². The smallest absolute Gasteiger partial charge is 0.251 e. The fourth-order valence-electron chi connectivity index (χ4n) is 1.99. The predicted octanol–water partition coefficient (Wildman–Crippen LogP) is 1.50. The van der Waals surface area contributed by atoms with E-state index in [0.29, 0.717) is 17.8 Å². The van der Waals surface area contributed by atoms with Gasteiger partial charge in [0, 0.05) is 23.8 Å². The summed E-state index contributed by atoms with van der Waals surface area (Å²) in [7, 11) is 0. The highest BCUT2D eigenvalue weighted by atomic mass is 16.2. The van der Waals surface area contributed by atoms with Gasteiger partial charge in [0.25, 0.3) is 5.91 Å². The van der Waals surface area contributed by atoms with Crippen molar-refractivity contribution >= 4 is 17.5 Å². The second kappa shape index (κ2) is 5.63. The molecule has 2 rings (SSSR count). The molecule has 1 aliphatic carbocycles. The number of rotatable bonds is 5. The third-order valence-electron chi connectivity index (χ3n) is 3.55. The zero-order valence-corrected chi connectivity index (χ0v) is 11.9. The molecule has 20 heavy (non-hydrogen) atoms. The minimum atomic E-state index is -0.367. The Morgan fingerprint density at radius 1 is 1.25 bits per heavy atom. The first kappa shape index (κ1) is 14.5. The molecule has 0 aliphatic heterocycles. The molecule has 0 bridgehead atoms. The third kappa shape index (κ3) is 3.17. The number of anilines is 1. The van der Waals surface area contributed by atoms with Gasteiger partial charge in [-0.3, -0.25) is 9.59 Å². The van der Waals surface area contributed by atoms with Crippen LogP contribution in [-0.2, 0) is 4.79 Å². The third-order valence-corrected chi connectivity index (χ3v) is 3.55. The molecule has 108 valence electrons. The summed E-state index contributed by atoms with van der Waals surface area (Å²) < 4.78 is 0. The highest BCUT2D eigenvalue weighted by Crippen LogP contribution is 2.45. The van der Waals surface area contributed by atoms with E-state index in [9.17, 15) is 9.59 Å². The minimum absolute atomic E-state index is 0.0284. The van der Waals surface area contributed by atoms with Crippen LogP contribution in [0.1, 0.15) is 37.0 Å². The average molecular weight is 275 g/mol. The Labute approximate surface area is 118 Å². The van der Waals surface area contributed by atoms with E-state index in [2.05, 4.69) is 10.6 Å². The van der Waals surface area contributed by atoms with E-state index in [0.717, 1.165) is 12.8 Å². The van der Waals surface area contributed by atoms with Crippen LogP contribution in [-0.4, -0.2) is 24.4 Å². The summed E-state index contributed by atoms with van der Waals surface area (Å²) in [5.41, 5.74) is 6.52. The Bertz CT molecular complexity index is 504. The summed E-state index contributed by atoms with van der Waals surface area (Å²) in [6, 6.07) is 6.98. The second-order valence-electron chi connectivity index (χ2n) is 5.64. The van der Waals surface area contributed by atoms with E-state index in [-0.39, 0.29) is 23.3 Å². The maximum Gasteiger partial charge on any atom is 0.251 e. The van der Waals surface area contributed by atoms with E-state index in [1.54, 1.807) is 24.3 Å². The number of nitrogens with one attached hydrogen (secondary N) is 2. The molecule has 0 radical (unpaired) electrons. The van der Waals surface area contributed by atoms with Gasteiger partial charge in [-0.2, -0.15) is 0 Å². The van der Waals surface area contributed by atoms with Gasteiger partial charge in [-0.15, -0.1) is 0 Å². The summed E-state index contributed by atoms with van der Waals surface area (Å²) in [4.78, 5) is 23.8. The standard InChI is InChI=1S/C15H21N3O2/c1-10(2)17-13(19)11-3-5-12(6-4-11)18-14(20)15(9-16)7-8-15/h3-6,10H,7-9,16H2,1-2H3,(H,17,19)(H,18,20). The molecular formula is C15H21N3O2. The van der Waals surface area contributed by atoms with Gasteiger partial charge >= 0.3 is 0 Å². The largest absolute Gasteiger partial charge is 0.350 e. The maximum absolute atomic E-state index is 12.0. The molecule has 0 spiro atoms. The van der Waals surface area contributed by atoms with Crippen LogP contribution < -0.4 is 16.4 Å². The minimum Gasteiger partial charge on any atom is -0.350 e. The fourth-order valence-corrected chi connectivity index (χ4v) is 1.99. The predicted molar refractivity (Wildman–Crippen MR) is 78.4 cm³/mol. The van der Waals surface area contributed by atoms with Crippen molar-refractivity contribution < 1.29 is 9.59 Å². The Morgan fingerprint density at radius 2 is 1.85 bits per heavy atom. The van der Waals surface area contributed by atoms with Gasteiger partial charge in [0.15, 0.2) is 0 Å². The lowest BCUT2D eigenvalue weighted by Crippen LogP contribution is -2.31. The number of hydrogen-bond donors (Lipinski definition) is 3. The van der Waals surface area contributed by atoms with E-state index < -0.39 is 0 Å². The summed E-state index contributed by atoms with van der Waals surface area (Å²) >= 11 is 0. The molecular weight excluding hydrogens is 254 g/mol. The van der Waals surface area contributed by atoms with E-state index in [4.69, 9.17) is 5.73 Å². The van der Waals surface area contributed by atoms with Crippen LogP contribution >= 0.6 is 0 Å². The first-order valence-corrected chi connectivity index (χ1v) is 6.89. The Kier molecular flexibility index (Phi) is 4.09. The molecule has 0 heterocycles. The van der Waals surface area contributed by atoms with Gasteiger partial charge < -0.3 is 16.4 Å². The van der Waals surface area contributed by atoms with Gasteiger partial charge in [0.05, 0.1) is 5.41 Å². The molecule has 1 aromatic carbocycles.